The number of amides is 1. The van der Waals surface area contributed by atoms with Crippen molar-refractivity contribution >= 4 is 6.09 Å². The Labute approximate surface area is 123 Å². The van der Waals surface area contributed by atoms with Gasteiger partial charge in [-0.25, -0.2) is 13.6 Å². The fourth-order valence-electron chi connectivity index (χ4n) is 1.45. The van der Waals surface area contributed by atoms with E-state index in [1.54, 1.807) is 45.2 Å². The number of nitrogens with one attached hydrogen (secondary N) is 2. The van der Waals surface area contributed by atoms with Crippen LogP contribution in [0.2, 0.25) is 0 Å². The number of carbonyl (C=O) groups is 1. The number of hydrogen-bond acceptors (Lipinski definition) is 4. The van der Waals surface area contributed by atoms with Crippen LogP contribution in [-0.4, -0.2) is 35.7 Å². The third-order valence-electron chi connectivity index (χ3n) is 2.31. The lowest BCUT2D eigenvalue weighted by molar-refractivity contribution is -0.00381. The average molecular weight is 301 g/mol. The van der Waals surface area contributed by atoms with E-state index in [0.29, 0.717) is 5.69 Å². The molecule has 1 amide bonds. The van der Waals surface area contributed by atoms with Crippen LogP contribution >= 0.6 is 0 Å². The zero-order valence-corrected chi connectivity index (χ0v) is 12.5. The van der Waals surface area contributed by atoms with Gasteiger partial charge in [-0.05, 0) is 32.9 Å². The molecule has 0 bridgehead atoms. The van der Waals surface area contributed by atoms with E-state index in [1.807, 2.05) is 0 Å². The molecule has 1 heterocycles. The molecule has 7 heteroatoms. The molecule has 0 spiro atoms. The Morgan fingerprint density at radius 1 is 1.29 bits per heavy atom. The Bertz CT molecular complexity index is 447. The number of carbonyl (C=O) groups excluding carboxylic acids is 1. The van der Waals surface area contributed by atoms with E-state index >= 15 is 0 Å². The molecule has 0 atom stereocenters. The van der Waals surface area contributed by atoms with E-state index in [2.05, 4.69) is 15.6 Å². The predicted molar refractivity (Wildman–Crippen MR) is 75.1 cm³/mol. The minimum absolute atomic E-state index is 0.239. The van der Waals surface area contributed by atoms with E-state index in [-0.39, 0.29) is 6.54 Å². The molecule has 5 nitrogen and oxygen atoms in total. The Morgan fingerprint density at radius 2 is 2.00 bits per heavy atom. The molecule has 118 valence electrons. The summed E-state index contributed by atoms with van der Waals surface area (Å²) in [7, 11) is 0. The number of rotatable bonds is 6. The molecule has 1 rings (SSSR count). The van der Waals surface area contributed by atoms with Crippen LogP contribution in [0.5, 0.6) is 0 Å². The van der Waals surface area contributed by atoms with Crippen molar-refractivity contribution in [3.8, 4) is 0 Å². The largest absolute Gasteiger partial charge is 0.444 e. The fourth-order valence-corrected chi connectivity index (χ4v) is 1.45. The number of ether oxygens (including phenoxy) is 1. The Hall–Kier alpha value is -1.76. The van der Waals surface area contributed by atoms with Crippen LogP contribution in [0.3, 0.4) is 0 Å². The summed E-state index contributed by atoms with van der Waals surface area (Å²) in [6, 6.07) is 5.28. The third kappa shape index (κ3) is 8.19. The molecule has 1 aromatic rings. The second kappa shape index (κ2) is 7.31. The number of hydrogen-bond donors (Lipinski definition) is 2. The smallest absolute Gasteiger partial charge is 0.407 e. The fraction of sp³-hybridized carbons (Fsp3) is 0.571. The molecule has 0 saturated carbocycles. The van der Waals surface area contributed by atoms with E-state index in [0.717, 1.165) is 0 Å². The van der Waals surface area contributed by atoms with Gasteiger partial charge in [-0.3, -0.25) is 4.98 Å². The van der Waals surface area contributed by atoms with Gasteiger partial charge in [0.2, 0.25) is 0 Å². The summed E-state index contributed by atoms with van der Waals surface area (Å²) in [4.78, 5) is 15.3. The third-order valence-corrected chi connectivity index (χ3v) is 2.31. The van der Waals surface area contributed by atoms with E-state index in [1.165, 1.54) is 0 Å². The highest BCUT2D eigenvalue weighted by molar-refractivity contribution is 5.67. The van der Waals surface area contributed by atoms with Crippen LogP contribution in [0.25, 0.3) is 0 Å². The lowest BCUT2D eigenvalue weighted by atomic mass is 10.2. The summed E-state index contributed by atoms with van der Waals surface area (Å²) in [6.07, 6.45) is 0.742. The van der Waals surface area contributed by atoms with E-state index < -0.39 is 30.7 Å². The van der Waals surface area contributed by atoms with Gasteiger partial charge in [0.15, 0.2) is 0 Å². The van der Waals surface area contributed by atoms with Crippen LogP contribution in [-0.2, 0) is 11.3 Å². The summed E-state index contributed by atoms with van der Waals surface area (Å²) >= 11 is 0. The molecule has 0 aliphatic heterocycles. The predicted octanol–water partition coefficient (Wildman–Crippen LogP) is 2.33. The van der Waals surface area contributed by atoms with Gasteiger partial charge in [0, 0.05) is 12.7 Å². The maximum absolute atomic E-state index is 13.6. The van der Waals surface area contributed by atoms with Crippen molar-refractivity contribution in [2.24, 2.45) is 0 Å². The zero-order chi connectivity index (χ0) is 15.9. The normalized spacial score (nSPS) is 12.0. The van der Waals surface area contributed by atoms with Gasteiger partial charge in [0.05, 0.1) is 18.8 Å². The summed E-state index contributed by atoms with van der Waals surface area (Å²) in [5.41, 5.74) is -0.0373. The lowest BCUT2D eigenvalue weighted by Gasteiger charge is -2.22. The van der Waals surface area contributed by atoms with Gasteiger partial charge in [0.25, 0.3) is 5.92 Å². The minimum Gasteiger partial charge on any atom is -0.444 e. The Balaban J connectivity index is 2.28. The average Bonchev–Trinajstić information content (AvgIpc) is 2.36. The first-order valence-electron chi connectivity index (χ1n) is 6.63. The summed E-state index contributed by atoms with van der Waals surface area (Å²) in [5.74, 6) is -3.06. The molecule has 0 unspecified atom stereocenters. The van der Waals surface area contributed by atoms with Gasteiger partial charge in [0.1, 0.15) is 5.60 Å². The Kier molecular flexibility index (Phi) is 6.02. The second-order valence-corrected chi connectivity index (χ2v) is 5.64. The second-order valence-electron chi connectivity index (χ2n) is 5.64. The van der Waals surface area contributed by atoms with Gasteiger partial charge in [-0.2, -0.15) is 0 Å². The van der Waals surface area contributed by atoms with Crippen molar-refractivity contribution in [2.45, 2.75) is 38.8 Å². The van der Waals surface area contributed by atoms with Crippen LogP contribution in [0.1, 0.15) is 26.5 Å². The molecule has 21 heavy (non-hydrogen) atoms. The molecular formula is C14H21F2N3O2. The molecule has 0 aromatic carbocycles. The number of aromatic nitrogens is 1. The molecule has 0 fully saturated rings. The molecule has 0 aliphatic carbocycles. The molecule has 0 saturated heterocycles. The van der Waals surface area contributed by atoms with Crippen molar-refractivity contribution in [1.82, 2.24) is 15.6 Å². The number of pyridine rings is 1. The molecule has 1 aromatic heterocycles. The highest BCUT2D eigenvalue weighted by Gasteiger charge is 2.30. The first-order valence-corrected chi connectivity index (χ1v) is 6.63. The maximum Gasteiger partial charge on any atom is 0.407 e. The SMILES string of the molecule is CC(C)(C)OC(=O)NCC(F)(F)CNCc1ccccn1. The van der Waals surface area contributed by atoms with Gasteiger partial charge in [-0.15, -0.1) is 0 Å². The van der Waals surface area contributed by atoms with E-state index in [9.17, 15) is 13.6 Å². The maximum atomic E-state index is 13.6. The lowest BCUT2D eigenvalue weighted by Crippen LogP contribution is -2.44. The van der Waals surface area contributed by atoms with Crippen molar-refractivity contribution < 1.29 is 18.3 Å². The first kappa shape index (κ1) is 17.3. The Morgan fingerprint density at radius 3 is 2.57 bits per heavy atom. The summed E-state index contributed by atoms with van der Waals surface area (Å²) in [5, 5.41) is 4.67. The molecule has 2 N–H and O–H groups in total. The van der Waals surface area contributed by atoms with Crippen molar-refractivity contribution in [1.29, 1.82) is 0 Å². The van der Waals surface area contributed by atoms with Crippen LogP contribution in [0, 0.1) is 0 Å². The van der Waals surface area contributed by atoms with Crippen molar-refractivity contribution in [2.75, 3.05) is 13.1 Å². The summed E-state index contributed by atoms with van der Waals surface area (Å²) in [6.45, 7) is 3.90. The first-order chi connectivity index (χ1) is 9.68. The number of alkyl carbamates (subject to hydrolysis) is 1. The topological polar surface area (TPSA) is 63.2 Å². The van der Waals surface area contributed by atoms with Crippen LogP contribution in [0.15, 0.2) is 24.4 Å². The monoisotopic (exact) mass is 301 g/mol. The van der Waals surface area contributed by atoms with Crippen LogP contribution < -0.4 is 10.6 Å². The number of nitrogens with zero attached hydrogens (tertiary/aromatic N) is 1. The van der Waals surface area contributed by atoms with E-state index in [4.69, 9.17) is 4.74 Å². The number of alkyl halides is 2. The minimum atomic E-state index is -3.06. The molecule has 0 radical (unpaired) electrons. The van der Waals surface area contributed by atoms with Gasteiger partial charge in [-0.1, -0.05) is 6.07 Å². The summed E-state index contributed by atoms with van der Waals surface area (Å²) < 4.78 is 32.0. The quantitative estimate of drug-likeness (QED) is 0.846. The van der Waals surface area contributed by atoms with Crippen LogP contribution in [0.4, 0.5) is 13.6 Å². The van der Waals surface area contributed by atoms with Gasteiger partial charge < -0.3 is 15.4 Å². The highest BCUT2D eigenvalue weighted by atomic mass is 19.3. The van der Waals surface area contributed by atoms with Crippen molar-refractivity contribution in [3.05, 3.63) is 30.1 Å². The van der Waals surface area contributed by atoms with Gasteiger partial charge >= 0.3 is 6.09 Å². The zero-order valence-electron chi connectivity index (χ0n) is 12.5. The molecular weight excluding hydrogens is 280 g/mol. The molecule has 0 aliphatic rings. The number of halogens is 2. The standard InChI is InChI=1S/C14H21F2N3O2/c1-13(2,3)21-12(20)19-10-14(15,16)9-17-8-11-6-4-5-7-18-11/h4-7,17H,8-10H2,1-3H3,(H,19,20). The van der Waals surface area contributed by atoms with Crippen molar-refractivity contribution in [3.63, 3.8) is 0 Å². The highest BCUT2D eigenvalue weighted by Crippen LogP contribution is 2.12.